The highest BCUT2D eigenvalue weighted by molar-refractivity contribution is 5.94. The fraction of sp³-hybridized carbons (Fsp3) is 0.556. The molecule has 3 amide bonds. The maximum absolute atomic E-state index is 13.4. The first-order valence-corrected chi connectivity index (χ1v) is 13.3. The first-order chi connectivity index (χ1) is 17.8. The number of amides is 3. The van der Waals surface area contributed by atoms with Crippen LogP contribution in [0.3, 0.4) is 0 Å². The van der Waals surface area contributed by atoms with Gasteiger partial charge in [-0.25, -0.2) is 0 Å². The molecule has 2 fully saturated rings. The average molecular weight is 508 g/mol. The second-order valence-corrected chi connectivity index (χ2v) is 10.4. The molecule has 37 heavy (non-hydrogen) atoms. The van der Waals surface area contributed by atoms with Crippen molar-refractivity contribution in [2.24, 2.45) is 5.73 Å². The lowest BCUT2D eigenvalue weighted by molar-refractivity contribution is -0.132. The highest BCUT2D eigenvalue weighted by atomic mass is 16.2. The normalized spacial score (nSPS) is 18.3. The van der Waals surface area contributed by atoms with E-state index < -0.39 is 0 Å². The van der Waals surface area contributed by atoms with Crippen LogP contribution in [0.1, 0.15) is 39.3 Å². The molecule has 0 radical (unpaired) electrons. The predicted octanol–water partition coefficient (Wildman–Crippen LogP) is 0.581. The van der Waals surface area contributed by atoms with E-state index in [0.717, 1.165) is 43.6 Å². The minimum Gasteiger partial charge on any atom is -0.369 e. The third kappa shape index (κ3) is 5.20. The van der Waals surface area contributed by atoms with Gasteiger partial charge in [0.2, 0.25) is 11.8 Å². The van der Waals surface area contributed by atoms with Crippen LogP contribution in [0.2, 0.25) is 0 Å². The second kappa shape index (κ2) is 10.5. The summed E-state index contributed by atoms with van der Waals surface area (Å²) in [4.78, 5) is 45.8. The second-order valence-electron chi connectivity index (χ2n) is 10.4. The van der Waals surface area contributed by atoms with Crippen LogP contribution in [-0.2, 0) is 29.0 Å². The SMILES string of the molecule is Cc1cccc(N2CCN(C(=O)Cn3nc(C(=O)N4CCN(CC(N)=O)CC4)c4c3CCC4)CC2)c1C. The van der Waals surface area contributed by atoms with E-state index in [2.05, 4.69) is 42.0 Å². The summed E-state index contributed by atoms with van der Waals surface area (Å²) >= 11 is 0. The Morgan fingerprint density at radius 1 is 0.892 bits per heavy atom. The molecular formula is C27H37N7O3. The number of piperazine rings is 2. The first kappa shape index (κ1) is 25.3. The Hall–Kier alpha value is -3.40. The van der Waals surface area contributed by atoms with E-state index in [-0.39, 0.29) is 30.8 Å². The van der Waals surface area contributed by atoms with Crippen molar-refractivity contribution in [2.45, 2.75) is 39.7 Å². The van der Waals surface area contributed by atoms with Crippen LogP contribution in [0, 0.1) is 13.8 Å². The zero-order valence-electron chi connectivity index (χ0n) is 21.9. The van der Waals surface area contributed by atoms with Gasteiger partial charge in [0.05, 0.1) is 6.54 Å². The van der Waals surface area contributed by atoms with Crippen LogP contribution in [0.4, 0.5) is 5.69 Å². The molecule has 1 aliphatic carbocycles. The first-order valence-electron chi connectivity index (χ1n) is 13.3. The molecule has 0 unspecified atom stereocenters. The van der Waals surface area contributed by atoms with E-state index >= 15 is 0 Å². The van der Waals surface area contributed by atoms with Gasteiger partial charge in [0.1, 0.15) is 6.54 Å². The summed E-state index contributed by atoms with van der Waals surface area (Å²) < 4.78 is 1.78. The van der Waals surface area contributed by atoms with Crippen molar-refractivity contribution >= 4 is 23.4 Å². The molecule has 198 valence electrons. The van der Waals surface area contributed by atoms with Gasteiger partial charge in [-0.1, -0.05) is 12.1 Å². The van der Waals surface area contributed by atoms with E-state index in [0.29, 0.717) is 45.0 Å². The fourth-order valence-electron chi connectivity index (χ4n) is 5.79. The van der Waals surface area contributed by atoms with Gasteiger partial charge >= 0.3 is 0 Å². The number of aromatic nitrogens is 2. The largest absolute Gasteiger partial charge is 0.369 e. The topological polar surface area (TPSA) is 108 Å². The van der Waals surface area contributed by atoms with Crippen LogP contribution in [-0.4, -0.2) is 101 Å². The highest BCUT2D eigenvalue weighted by Crippen LogP contribution is 2.27. The van der Waals surface area contributed by atoms with E-state index in [9.17, 15) is 14.4 Å². The Bertz CT molecular complexity index is 1190. The molecule has 2 saturated heterocycles. The Morgan fingerprint density at radius 3 is 2.30 bits per heavy atom. The molecule has 10 nitrogen and oxygen atoms in total. The molecule has 0 bridgehead atoms. The van der Waals surface area contributed by atoms with Crippen LogP contribution >= 0.6 is 0 Å². The number of benzene rings is 1. The summed E-state index contributed by atoms with van der Waals surface area (Å²) in [6.07, 6.45) is 2.64. The van der Waals surface area contributed by atoms with E-state index in [1.807, 2.05) is 9.80 Å². The minimum absolute atomic E-state index is 0.0527. The van der Waals surface area contributed by atoms with Gasteiger partial charge in [-0.2, -0.15) is 5.10 Å². The van der Waals surface area contributed by atoms with Crippen molar-refractivity contribution in [3.63, 3.8) is 0 Å². The van der Waals surface area contributed by atoms with Gasteiger partial charge in [0.25, 0.3) is 5.91 Å². The number of anilines is 1. The number of primary amides is 1. The third-order valence-corrected chi connectivity index (χ3v) is 8.08. The summed E-state index contributed by atoms with van der Waals surface area (Å²) in [6, 6.07) is 6.38. The molecule has 2 aromatic rings. The Labute approximate surface area is 218 Å². The smallest absolute Gasteiger partial charge is 0.274 e. The number of nitrogens with zero attached hydrogens (tertiary/aromatic N) is 6. The number of carbonyl (C=O) groups is 3. The molecule has 10 heteroatoms. The maximum atomic E-state index is 13.4. The lowest BCUT2D eigenvalue weighted by atomic mass is 10.1. The van der Waals surface area contributed by atoms with Crippen LogP contribution in [0.15, 0.2) is 18.2 Å². The zero-order chi connectivity index (χ0) is 26.1. The zero-order valence-corrected chi connectivity index (χ0v) is 21.9. The summed E-state index contributed by atoms with van der Waals surface area (Å²) in [5.41, 5.74) is 11.6. The number of carbonyl (C=O) groups excluding carboxylic acids is 3. The molecule has 3 aliphatic rings. The minimum atomic E-state index is -0.354. The quantitative estimate of drug-likeness (QED) is 0.613. The Morgan fingerprint density at radius 2 is 1.59 bits per heavy atom. The average Bonchev–Trinajstić information content (AvgIpc) is 3.49. The summed E-state index contributed by atoms with van der Waals surface area (Å²) in [5, 5.41) is 4.67. The standard InChI is InChI=1S/C27H37N7O3/c1-19-5-3-7-22(20(19)2)31-13-15-32(16-14-31)25(36)18-34-23-8-4-6-21(23)26(29-34)27(37)33-11-9-30(10-12-33)17-24(28)35/h3,5,7H,4,6,8-18H2,1-2H3,(H2,28,35). The Kier molecular flexibility index (Phi) is 7.19. The molecule has 2 aliphatic heterocycles. The lowest BCUT2D eigenvalue weighted by Gasteiger charge is -2.37. The van der Waals surface area contributed by atoms with Gasteiger partial charge in [-0.15, -0.1) is 0 Å². The van der Waals surface area contributed by atoms with Crippen LogP contribution in [0.25, 0.3) is 0 Å². The maximum Gasteiger partial charge on any atom is 0.274 e. The highest BCUT2D eigenvalue weighted by Gasteiger charge is 2.32. The Balaban J connectivity index is 1.21. The van der Waals surface area contributed by atoms with Gasteiger partial charge in [-0.05, 0) is 50.3 Å². The van der Waals surface area contributed by atoms with E-state index in [1.165, 1.54) is 16.8 Å². The lowest BCUT2D eigenvalue weighted by Crippen LogP contribution is -2.50. The number of rotatable bonds is 6. The molecule has 1 aromatic heterocycles. The number of fused-ring (bicyclic) bond motifs is 1. The van der Waals surface area contributed by atoms with Crippen molar-refractivity contribution in [2.75, 3.05) is 63.8 Å². The van der Waals surface area contributed by atoms with Gasteiger partial charge in [-0.3, -0.25) is 24.0 Å². The summed E-state index contributed by atoms with van der Waals surface area (Å²) in [5.74, 6) is -0.380. The molecule has 5 rings (SSSR count). The van der Waals surface area contributed by atoms with E-state index in [1.54, 1.807) is 9.58 Å². The van der Waals surface area contributed by atoms with Crippen molar-refractivity contribution < 1.29 is 14.4 Å². The number of hydrogen-bond donors (Lipinski definition) is 1. The van der Waals surface area contributed by atoms with Crippen LogP contribution in [0.5, 0.6) is 0 Å². The molecule has 0 spiro atoms. The van der Waals surface area contributed by atoms with Crippen molar-refractivity contribution in [3.05, 3.63) is 46.3 Å². The number of nitrogens with two attached hydrogens (primary N) is 1. The molecule has 0 saturated carbocycles. The molecule has 0 atom stereocenters. The summed E-state index contributed by atoms with van der Waals surface area (Å²) in [7, 11) is 0. The molecule has 3 heterocycles. The van der Waals surface area contributed by atoms with Crippen molar-refractivity contribution in [1.82, 2.24) is 24.5 Å². The summed E-state index contributed by atoms with van der Waals surface area (Å²) in [6.45, 7) is 9.94. The van der Waals surface area contributed by atoms with Crippen molar-refractivity contribution in [1.29, 1.82) is 0 Å². The van der Waals surface area contributed by atoms with Gasteiger partial charge < -0.3 is 20.4 Å². The third-order valence-electron chi connectivity index (χ3n) is 8.08. The van der Waals surface area contributed by atoms with Gasteiger partial charge in [0, 0.05) is 69.3 Å². The monoisotopic (exact) mass is 507 g/mol. The number of hydrogen-bond acceptors (Lipinski definition) is 6. The predicted molar refractivity (Wildman–Crippen MR) is 140 cm³/mol. The fourth-order valence-corrected chi connectivity index (χ4v) is 5.79. The van der Waals surface area contributed by atoms with Crippen LogP contribution < -0.4 is 10.6 Å². The van der Waals surface area contributed by atoms with Gasteiger partial charge in [0.15, 0.2) is 5.69 Å². The van der Waals surface area contributed by atoms with E-state index in [4.69, 9.17) is 5.73 Å². The number of aryl methyl sites for hydroxylation is 1. The van der Waals surface area contributed by atoms with Crippen molar-refractivity contribution in [3.8, 4) is 0 Å². The molecular weight excluding hydrogens is 470 g/mol. The molecule has 1 aromatic carbocycles. The molecule has 2 N–H and O–H groups in total.